The minimum atomic E-state index is 0.177. The topological polar surface area (TPSA) is 48.1 Å². The summed E-state index contributed by atoms with van der Waals surface area (Å²) in [5.74, 6) is 0.600. The Bertz CT molecular complexity index is 382. The van der Waals surface area contributed by atoms with Crippen LogP contribution in [0.2, 0.25) is 0 Å². The fourth-order valence-corrected chi connectivity index (χ4v) is 1.86. The summed E-state index contributed by atoms with van der Waals surface area (Å²) >= 11 is 4.89. The van der Waals surface area contributed by atoms with Crippen LogP contribution in [0.15, 0.2) is 18.2 Å². The summed E-state index contributed by atoms with van der Waals surface area (Å²) in [6.45, 7) is 4.28. The predicted molar refractivity (Wildman–Crippen MR) is 79.0 cm³/mol. The summed E-state index contributed by atoms with van der Waals surface area (Å²) in [6, 6.07) is 5.49. The van der Waals surface area contributed by atoms with Gasteiger partial charge in [0.25, 0.3) is 0 Å². The SMILES string of the molecule is CCCCCCC(C)Oc1cccc(C(N)=S)n1. The molecule has 3 nitrogen and oxygen atoms in total. The lowest BCUT2D eigenvalue weighted by Gasteiger charge is -2.14. The maximum Gasteiger partial charge on any atom is 0.214 e. The molecule has 4 heteroatoms. The van der Waals surface area contributed by atoms with Gasteiger partial charge in [-0.15, -0.1) is 0 Å². The summed E-state index contributed by atoms with van der Waals surface area (Å²) in [7, 11) is 0. The van der Waals surface area contributed by atoms with Gasteiger partial charge in [0.1, 0.15) is 10.7 Å². The number of nitrogens with zero attached hydrogens (tertiary/aromatic N) is 1. The molecule has 0 amide bonds. The molecule has 0 fully saturated rings. The Morgan fingerprint density at radius 3 is 2.83 bits per heavy atom. The van der Waals surface area contributed by atoms with Crippen molar-refractivity contribution in [3.05, 3.63) is 23.9 Å². The van der Waals surface area contributed by atoms with Gasteiger partial charge in [0.15, 0.2) is 0 Å². The predicted octanol–water partition coefficient (Wildman–Crippen LogP) is 3.45. The molecular formula is C14H22N2OS. The first-order chi connectivity index (χ1) is 8.63. The van der Waals surface area contributed by atoms with Crippen LogP contribution in [0, 0.1) is 0 Å². The zero-order valence-electron chi connectivity index (χ0n) is 11.2. The van der Waals surface area contributed by atoms with Gasteiger partial charge in [-0.25, -0.2) is 4.98 Å². The third kappa shape index (κ3) is 5.45. The van der Waals surface area contributed by atoms with Crippen LogP contribution < -0.4 is 10.5 Å². The van der Waals surface area contributed by atoms with Gasteiger partial charge >= 0.3 is 0 Å². The fraction of sp³-hybridized carbons (Fsp3) is 0.571. The van der Waals surface area contributed by atoms with Crippen molar-refractivity contribution in [1.29, 1.82) is 0 Å². The summed E-state index contributed by atoms with van der Waals surface area (Å²) < 4.78 is 5.76. The second kappa shape index (κ2) is 8.03. The van der Waals surface area contributed by atoms with Crippen LogP contribution in [-0.4, -0.2) is 16.1 Å². The zero-order chi connectivity index (χ0) is 13.4. The Morgan fingerprint density at radius 1 is 1.39 bits per heavy atom. The molecule has 0 saturated heterocycles. The summed E-state index contributed by atoms with van der Waals surface area (Å²) in [5, 5.41) is 0. The van der Waals surface area contributed by atoms with Crippen LogP contribution in [0.1, 0.15) is 51.6 Å². The number of aromatic nitrogens is 1. The molecule has 1 rings (SSSR count). The van der Waals surface area contributed by atoms with Crippen LogP contribution in [0.25, 0.3) is 0 Å². The van der Waals surface area contributed by atoms with Gasteiger partial charge in [-0.2, -0.15) is 0 Å². The van der Waals surface area contributed by atoms with Gasteiger partial charge in [0.05, 0.1) is 6.10 Å². The van der Waals surface area contributed by atoms with Gasteiger partial charge in [-0.3, -0.25) is 0 Å². The number of unbranched alkanes of at least 4 members (excludes halogenated alkanes) is 3. The Kier molecular flexibility index (Phi) is 6.65. The van der Waals surface area contributed by atoms with E-state index >= 15 is 0 Å². The van der Waals surface area contributed by atoms with Crippen LogP contribution in [0.3, 0.4) is 0 Å². The first-order valence-electron chi connectivity index (χ1n) is 6.57. The monoisotopic (exact) mass is 266 g/mol. The van der Waals surface area contributed by atoms with E-state index < -0.39 is 0 Å². The van der Waals surface area contributed by atoms with Crippen molar-refractivity contribution in [2.75, 3.05) is 0 Å². The minimum Gasteiger partial charge on any atom is -0.475 e. The first kappa shape index (κ1) is 14.9. The standard InChI is InChI=1S/C14H22N2OS/c1-3-4-5-6-8-11(2)17-13-10-7-9-12(16-13)14(15)18/h7,9-11H,3-6,8H2,1-2H3,(H2,15,18). The number of hydrogen-bond donors (Lipinski definition) is 1. The van der Waals surface area contributed by atoms with Crippen molar-refractivity contribution in [2.45, 2.75) is 52.1 Å². The van der Waals surface area contributed by atoms with E-state index in [9.17, 15) is 0 Å². The Hall–Kier alpha value is -1.16. The molecule has 0 aliphatic rings. The molecule has 100 valence electrons. The first-order valence-corrected chi connectivity index (χ1v) is 6.97. The molecule has 0 bridgehead atoms. The average molecular weight is 266 g/mol. The van der Waals surface area contributed by atoms with Crippen LogP contribution in [-0.2, 0) is 0 Å². The average Bonchev–Trinajstić information content (AvgIpc) is 2.35. The van der Waals surface area contributed by atoms with E-state index in [1.54, 1.807) is 6.07 Å². The fourth-order valence-electron chi connectivity index (χ4n) is 1.74. The van der Waals surface area contributed by atoms with Crippen molar-refractivity contribution >= 4 is 17.2 Å². The van der Waals surface area contributed by atoms with Crippen molar-refractivity contribution in [3.63, 3.8) is 0 Å². The Morgan fingerprint density at radius 2 is 2.17 bits per heavy atom. The molecule has 0 radical (unpaired) electrons. The lowest BCUT2D eigenvalue weighted by Crippen LogP contribution is -2.15. The van der Waals surface area contributed by atoms with Crippen LogP contribution in [0.4, 0.5) is 0 Å². The number of rotatable bonds is 8. The molecular weight excluding hydrogens is 244 g/mol. The number of hydrogen-bond acceptors (Lipinski definition) is 3. The Balaban J connectivity index is 2.41. The van der Waals surface area contributed by atoms with Crippen molar-refractivity contribution in [3.8, 4) is 5.88 Å². The highest BCUT2D eigenvalue weighted by Crippen LogP contribution is 2.13. The molecule has 0 aliphatic carbocycles. The number of thiocarbonyl (C=S) groups is 1. The summed E-state index contributed by atoms with van der Waals surface area (Å²) in [6.07, 6.45) is 6.25. The third-order valence-corrected chi connectivity index (χ3v) is 2.97. The molecule has 18 heavy (non-hydrogen) atoms. The van der Waals surface area contributed by atoms with E-state index in [0.29, 0.717) is 16.6 Å². The highest BCUT2D eigenvalue weighted by Gasteiger charge is 2.06. The van der Waals surface area contributed by atoms with E-state index in [2.05, 4.69) is 18.8 Å². The summed E-state index contributed by atoms with van der Waals surface area (Å²) in [5.41, 5.74) is 6.15. The van der Waals surface area contributed by atoms with Crippen molar-refractivity contribution in [1.82, 2.24) is 4.98 Å². The molecule has 0 saturated carbocycles. The van der Waals surface area contributed by atoms with E-state index in [0.717, 1.165) is 6.42 Å². The lowest BCUT2D eigenvalue weighted by molar-refractivity contribution is 0.198. The molecule has 1 atom stereocenters. The third-order valence-electron chi connectivity index (χ3n) is 2.76. The van der Waals surface area contributed by atoms with E-state index in [4.69, 9.17) is 22.7 Å². The second-order valence-corrected chi connectivity index (χ2v) is 4.94. The maximum atomic E-state index is 5.76. The summed E-state index contributed by atoms with van der Waals surface area (Å²) in [4.78, 5) is 4.57. The number of pyridine rings is 1. The van der Waals surface area contributed by atoms with Gasteiger partial charge in [-0.05, 0) is 25.8 Å². The molecule has 1 aromatic rings. The van der Waals surface area contributed by atoms with Crippen molar-refractivity contribution in [2.24, 2.45) is 5.73 Å². The molecule has 1 heterocycles. The van der Waals surface area contributed by atoms with Gasteiger partial charge in [0.2, 0.25) is 5.88 Å². The quantitative estimate of drug-likeness (QED) is 0.578. The normalized spacial score (nSPS) is 12.1. The zero-order valence-corrected chi connectivity index (χ0v) is 12.0. The molecule has 0 aliphatic heterocycles. The molecule has 2 N–H and O–H groups in total. The molecule has 0 aromatic carbocycles. The molecule has 1 unspecified atom stereocenters. The maximum absolute atomic E-state index is 5.76. The minimum absolute atomic E-state index is 0.177. The number of nitrogens with two attached hydrogens (primary N) is 1. The van der Waals surface area contributed by atoms with Gasteiger partial charge in [-0.1, -0.05) is 44.5 Å². The Labute approximate surface area is 115 Å². The second-order valence-electron chi connectivity index (χ2n) is 4.50. The highest BCUT2D eigenvalue weighted by atomic mass is 32.1. The highest BCUT2D eigenvalue weighted by molar-refractivity contribution is 7.80. The van der Waals surface area contributed by atoms with Crippen LogP contribution >= 0.6 is 12.2 Å². The largest absolute Gasteiger partial charge is 0.475 e. The van der Waals surface area contributed by atoms with Gasteiger partial charge < -0.3 is 10.5 Å². The molecule has 0 spiro atoms. The lowest BCUT2D eigenvalue weighted by atomic mass is 10.1. The molecule has 1 aromatic heterocycles. The number of ether oxygens (including phenoxy) is 1. The van der Waals surface area contributed by atoms with Crippen LogP contribution in [0.5, 0.6) is 5.88 Å². The van der Waals surface area contributed by atoms with E-state index in [1.807, 2.05) is 12.1 Å². The van der Waals surface area contributed by atoms with E-state index in [-0.39, 0.29) is 6.10 Å². The smallest absolute Gasteiger partial charge is 0.214 e. The van der Waals surface area contributed by atoms with E-state index in [1.165, 1.54) is 25.7 Å². The van der Waals surface area contributed by atoms with Gasteiger partial charge in [0, 0.05) is 6.07 Å². The van der Waals surface area contributed by atoms with Crippen molar-refractivity contribution < 1.29 is 4.74 Å².